The van der Waals surface area contributed by atoms with Crippen molar-refractivity contribution in [2.75, 3.05) is 6.61 Å². The van der Waals surface area contributed by atoms with Crippen molar-refractivity contribution in [2.45, 2.75) is 44.3 Å². The fourth-order valence-corrected chi connectivity index (χ4v) is 2.45. The highest BCUT2D eigenvalue weighted by Gasteiger charge is 2.35. The Kier molecular flexibility index (Phi) is 3.97. The van der Waals surface area contributed by atoms with Gasteiger partial charge in [0.2, 0.25) is 0 Å². The van der Waals surface area contributed by atoms with Gasteiger partial charge in [-0.25, -0.2) is 8.78 Å². The fraction of sp³-hybridized carbons (Fsp3) is 0.571. The molecule has 0 aliphatic carbocycles. The lowest BCUT2D eigenvalue weighted by Gasteiger charge is -2.36. The van der Waals surface area contributed by atoms with Gasteiger partial charge in [0.05, 0.1) is 11.7 Å². The van der Waals surface area contributed by atoms with E-state index in [9.17, 15) is 13.9 Å². The molecule has 18 heavy (non-hydrogen) atoms. The Bertz CT molecular complexity index is 402. The summed E-state index contributed by atoms with van der Waals surface area (Å²) in [6.07, 6.45) is 1.61. The highest BCUT2D eigenvalue weighted by molar-refractivity contribution is 5.22. The normalized spacial score (nSPS) is 28.3. The third-order valence-corrected chi connectivity index (χ3v) is 3.55. The van der Waals surface area contributed by atoms with E-state index in [-0.39, 0.29) is 18.1 Å². The Hall–Kier alpha value is -1.00. The minimum Gasteiger partial charge on any atom is -0.389 e. The maximum absolute atomic E-state index is 13.6. The summed E-state index contributed by atoms with van der Waals surface area (Å²) < 4.78 is 32.6. The predicted molar refractivity (Wildman–Crippen MR) is 64.3 cm³/mol. The van der Waals surface area contributed by atoms with E-state index in [1.165, 1.54) is 18.2 Å². The van der Waals surface area contributed by atoms with Crippen molar-refractivity contribution < 1.29 is 18.6 Å². The van der Waals surface area contributed by atoms with Crippen LogP contribution >= 0.6 is 0 Å². The lowest BCUT2D eigenvalue weighted by molar-refractivity contribution is -0.104. The number of halogens is 2. The zero-order chi connectivity index (χ0) is 13.2. The molecule has 1 heterocycles. The summed E-state index contributed by atoms with van der Waals surface area (Å²) in [4.78, 5) is 0. The Morgan fingerprint density at radius 1 is 1.39 bits per heavy atom. The summed E-state index contributed by atoms with van der Waals surface area (Å²) >= 11 is 0. The summed E-state index contributed by atoms with van der Waals surface area (Å²) in [5.41, 5.74) is -1.10. The quantitative estimate of drug-likeness (QED) is 0.901. The van der Waals surface area contributed by atoms with Crippen LogP contribution in [0.3, 0.4) is 0 Å². The van der Waals surface area contributed by atoms with Crippen LogP contribution in [-0.2, 0) is 11.2 Å². The number of rotatable bonds is 3. The molecule has 1 fully saturated rings. The van der Waals surface area contributed by atoms with E-state index < -0.39 is 17.2 Å². The lowest BCUT2D eigenvalue weighted by atomic mass is 9.84. The van der Waals surface area contributed by atoms with Crippen molar-refractivity contribution >= 4 is 0 Å². The molecule has 0 amide bonds. The SMILES string of the molecule is CCC1CC(O)(Cc2c(F)cccc2F)CCO1. The van der Waals surface area contributed by atoms with E-state index in [1.807, 2.05) is 6.92 Å². The topological polar surface area (TPSA) is 29.5 Å². The van der Waals surface area contributed by atoms with Gasteiger partial charge in [-0.3, -0.25) is 0 Å². The third-order valence-electron chi connectivity index (χ3n) is 3.55. The van der Waals surface area contributed by atoms with Crippen LogP contribution in [0.5, 0.6) is 0 Å². The van der Waals surface area contributed by atoms with Gasteiger partial charge in [0.1, 0.15) is 11.6 Å². The van der Waals surface area contributed by atoms with Gasteiger partial charge in [-0.1, -0.05) is 13.0 Å². The van der Waals surface area contributed by atoms with Crippen LogP contribution in [-0.4, -0.2) is 23.4 Å². The molecule has 0 aromatic heterocycles. The Morgan fingerprint density at radius 3 is 2.67 bits per heavy atom. The minimum atomic E-state index is -1.07. The predicted octanol–water partition coefficient (Wildman–Crippen LogP) is 2.83. The summed E-state index contributed by atoms with van der Waals surface area (Å²) in [5.74, 6) is -1.19. The molecular weight excluding hydrogens is 238 g/mol. The van der Waals surface area contributed by atoms with Crippen LogP contribution in [0, 0.1) is 11.6 Å². The molecule has 1 aliphatic rings. The smallest absolute Gasteiger partial charge is 0.129 e. The summed E-state index contributed by atoms with van der Waals surface area (Å²) in [6.45, 7) is 2.41. The van der Waals surface area contributed by atoms with Crippen LogP contribution in [0.15, 0.2) is 18.2 Å². The van der Waals surface area contributed by atoms with Crippen LogP contribution in [0.25, 0.3) is 0 Å². The molecule has 0 spiro atoms. The van der Waals surface area contributed by atoms with Gasteiger partial charge in [-0.05, 0) is 25.0 Å². The number of hydrogen-bond donors (Lipinski definition) is 1. The van der Waals surface area contributed by atoms with Gasteiger partial charge in [0.25, 0.3) is 0 Å². The Morgan fingerprint density at radius 2 is 2.06 bits per heavy atom. The van der Waals surface area contributed by atoms with Gasteiger partial charge in [0.15, 0.2) is 0 Å². The number of aliphatic hydroxyl groups is 1. The molecule has 1 N–H and O–H groups in total. The fourth-order valence-electron chi connectivity index (χ4n) is 2.45. The first-order valence-electron chi connectivity index (χ1n) is 6.31. The van der Waals surface area contributed by atoms with E-state index in [1.54, 1.807) is 0 Å². The van der Waals surface area contributed by atoms with Crippen molar-refractivity contribution in [3.63, 3.8) is 0 Å². The number of hydrogen-bond acceptors (Lipinski definition) is 2. The second-order valence-electron chi connectivity index (χ2n) is 4.96. The molecule has 2 nitrogen and oxygen atoms in total. The summed E-state index contributed by atoms with van der Waals surface area (Å²) in [7, 11) is 0. The maximum atomic E-state index is 13.6. The monoisotopic (exact) mass is 256 g/mol. The average molecular weight is 256 g/mol. The summed E-state index contributed by atoms with van der Waals surface area (Å²) in [5, 5.41) is 10.5. The molecule has 1 aliphatic heterocycles. The molecule has 100 valence electrons. The standard InChI is InChI=1S/C14H18F2O2/c1-2-10-8-14(17,6-7-18-10)9-11-12(15)4-3-5-13(11)16/h3-5,10,17H,2,6-9H2,1H3. The molecule has 2 atom stereocenters. The molecular formula is C14H18F2O2. The first-order valence-corrected chi connectivity index (χ1v) is 6.31. The van der Waals surface area contributed by atoms with Crippen LogP contribution in [0.2, 0.25) is 0 Å². The second-order valence-corrected chi connectivity index (χ2v) is 4.96. The van der Waals surface area contributed by atoms with Crippen LogP contribution in [0.4, 0.5) is 8.78 Å². The van der Waals surface area contributed by atoms with E-state index in [4.69, 9.17) is 4.74 Å². The molecule has 0 saturated carbocycles. The largest absolute Gasteiger partial charge is 0.389 e. The number of benzene rings is 1. The second kappa shape index (κ2) is 5.33. The van der Waals surface area contributed by atoms with Crippen molar-refractivity contribution in [2.24, 2.45) is 0 Å². The summed E-state index contributed by atoms with van der Waals surface area (Å²) in [6, 6.07) is 3.77. The van der Waals surface area contributed by atoms with Crippen LogP contribution < -0.4 is 0 Å². The van der Waals surface area contributed by atoms with Crippen molar-refractivity contribution in [3.05, 3.63) is 35.4 Å². The van der Waals surface area contributed by atoms with Crippen molar-refractivity contribution in [3.8, 4) is 0 Å². The van der Waals surface area contributed by atoms with Crippen molar-refractivity contribution in [1.29, 1.82) is 0 Å². The highest BCUT2D eigenvalue weighted by Crippen LogP contribution is 2.31. The highest BCUT2D eigenvalue weighted by atomic mass is 19.1. The zero-order valence-corrected chi connectivity index (χ0v) is 10.5. The van der Waals surface area contributed by atoms with Crippen LogP contribution in [0.1, 0.15) is 31.7 Å². The van der Waals surface area contributed by atoms with Gasteiger partial charge < -0.3 is 9.84 Å². The van der Waals surface area contributed by atoms with Crippen molar-refractivity contribution in [1.82, 2.24) is 0 Å². The Balaban J connectivity index is 2.17. The molecule has 4 heteroatoms. The first kappa shape index (κ1) is 13.4. The van der Waals surface area contributed by atoms with E-state index in [2.05, 4.69) is 0 Å². The number of ether oxygens (including phenoxy) is 1. The van der Waals surface area contributed by atoms with Gasteiger partial charge in [-0.2, -0.15) is 0 Å². The maximum Gasteiger partial charge on any atom is 0.129 e. The van der Waals surface area contributed by atoms with Gasteiger partial charge in [-0.15, -0.1) is 0 Å². The lowest BCUT2D eigenvalue weighted by Crippen LogP contribution is -2.42. The van der Waals surface area contributed by atoms with Gasteiger partial charge >= 0.3 is 0 Å². The van der Waals surface area contributed by atoms with Gasteiger partial charge in [0, 0.05) is 25.0 Å². The first-order chi connectivity index (χ1) is 8.54. The zero-order valence-electron chi connectivity index (χ0n) is 10.5. The molecule has 0 radical (unpaired) electrons. The van der Waals surface area contributed by atoms with E-state index in [0.717, 1.165) is 6.42 Å². The molecule has 2 unspecified atom stereocenters. The molecule has 1 saturated heterocycles. The average Bonchev–Trinajstić information content (AvgIpc) is 2.34. The molecule has 0 bridgehead atoms. The van der Waals surface area contributed by atoms with E-state index >= 15 is 0 Å². The molecule has 1 aromatic rings. The minimum absolute atomic E-state index is 0.00532. The third kappa shape index (κ3) is 2.87. The Labute approximate surface area is 106 Å². The molecule has 1 aromatic carbocycles. The van der Waals surface area contributed by atoms with E-state index in [0.29, 0.717) is 19.4 Å². The molecule has 2 rings (SSSR count).